The molecule has 1 aromatic rings. The summed E-state index contributed by atoms with van der Waals surface area (Å²) in [5.74, 6) is 0.350. The number of aromatic amines is 1. The van der Waals surface area contributed by atoms with Crippen LogP contribution in [0, 0.1) is 0 Å². The third-order valence-corrected chi connectivity index (χ3v) is 5.77. The van der Waals surface area contributed by atoms with Crippen LogP contribution in [-0.2, 0) is 26.2 Å². The SMILES string of the molecule is CC(C)OCc1ncc(C(C)NS(=O)(=O)CCCCCN2CC(=O)NC2=O)[nH]1. The summed E-state index contributed by atoms with van der Waals surface area (Å²) in [5, 5.41) is 2.21. The molecule has 3 amide bonds. The Morgan fingerprint density at radius 1 is 1.25 bits per heavy atom. The highest BCUT2D eigenvalue weighted by Gasteiger charge is 2.25. The molecule has 1 saturated heterocycles. The van der Waals surface area contributed by atoms with Crippen molar-refractivity contribution < 1.29 is 22.7 Å². The van der Waals surface area contributed by atoms with E-state index in [0.29, 0.717) is 43.9 Å². The van der Waals surface area contributed by atoms with Gasteiger partial charge in [-0.3, -0.25) is 10.1 Å². The van der Waals surface area contributed by atoms with E-state index in [4.69, 9.17) is 4.74 Å². The lowest BCUT2D eigenvalue weighted by Crippen LogP contribution is -2.30. The number of rotatable bonds is 12. The summed E-state index contributed by atoms with van der Waals surface area (Å²) < 4.78 is 32.6. The number of sulfonamides is 1. The molecule has 158 valence electrons. The van der Waals surface area contributed by atoms with Crippen LogP contribution in [0.1, 0.15) is 57.6 Å². The number of unbranched alkanes of at least 4 members (excludes halogenated alkanes) is 2. The van der Waals surface area contributed by atoms with Crippen molar-refractivity contribution in [1.82, 2.24) is 24.9 Å². The molecule has 0 saturated carbocycles. The average Bonchev–Trinajstić information content (AvgIpc) is 3.18. The van der Waals surface area contributed by atoms with E-state index in [1.807, 2.05) is 13.8 Å². The van der Waals surface area contributed by atoms with Gasteiger partial charge in [0.05, 0.1) is 23.6 Å². The largest absolute Gasteiger partial charge is 0.371 e. The number of imide groups is 1. The van der Waals surface area contributed by atoms with E-state index < -0.39 is 16.1 Å². The first-order valence-electron chi connectivity index (χ1n) is 9.40. The van der Waals surface area contributed by atoms with E-state index in [-0.39, 0.29) is 30.3 Å². The van der Waals surface area contributed by atoms with Crippen LogP contribution in [0.15, 0.2) is 6.20 Å². The zero-order valence-corrected chi connectivity index (χ0v) is 17.3. The third-order valence-electron chi connectivity index (χ3n) is 4.23. The van der Waals surface area contributed by atoms with Crippen LogP contribution in [0.2, 0.25) is 0 Å². The molecule has 0 spiro atoms. The molecule has 28 heavy (non-hydrogen) atoms. The van der Waals surface area contributed by atoms with Crippen molar-refractivity contribution in [3.05, 3.63) is 17.7 Å². The summed E-state index contributed by atoms with van der Waals surface area (Å²) in [6.45, 7) is 6.47. The Kier molecular flexibility index (Phi) is 7.96. The molecule has 2 rings (SSSR count). The molecule has 0 bridgehead atoms. The molecular formula is C17H29N5O5S. The fourth-order valence-corrected chi connectivity index (χ4v) is 4.11. The van der Waals surface area contributed by atoms with Crippen LogP contribution in [0.4, 0.5) is 4.79 Å². The van der Waals surface area contributed by atoms with Crippen molar-refractivity contribution in [2.24, 2.45) is 0 Å². The Balaban J connectivity index is 1.69. The summed E-state index contributed by atoms with van der Waals surface area (Å²) in [6.07, 6.45) is 3.46. The van der Waals surface area contributed by atoms with Crippen LogP contribution in [0.3, 0.4) is 0 Å². The minimum absolute atomic E-state index is 0.0000776. The second-order valence-electron chi connectivity index (χ2n) is 7.14. The Morgan fingerprint density at radius 2 is 2.00 bits per heavy atom. The second kappa shape index (κ2) is 9.99. The van der Waals surface area contributed by atoms with Crippen LogP contribution in [0.5, 0.6) is 0 Å². The number of urea groups is 1. The molecule has 3 N–H and O–H groups in total. The van der Waals surface area contributed by atoms with Crippen LogP contribution in [-0.4, -0.2) is 60.2 Å². The molecule has 1 aromatic heterocycles. The molecule has 10 nitrogen and oxygen atoms in total. The predicted octanol–water partition coefficient (Wildman–Crippen LogP) is 1.04. The normalized spacial score (nSPS) is 16.1. The maximum Gasteiger partial charge on any atom is 0.324 e. The number of amides is 3. The van der Waals surface area contributed by atoms with E-state index in [1.165, 1.54) is 4.90 Å². The molecule has 1 aliphatic heterocycles. The van der Waals surface area contributed by atoms with E-state index in [1.54, 1.807) is 13.1 Å². The fourth-order valence-electron chi connectivity index (χ4n) is 2.74. The van der Waals surface area contributed by atoms with Gasteiger partial charge in [-0.1, -0.05) is 6.42 Å². The number of imidazole rings is 1. The van der Waals surface area contributed by atoms with Crippen molar-refractivity contribution in [2.75, 3.05) is 18.8 Å². The highest BCUT2D eigenvalue weighted by Crippen LogP contribution is 2.13. The third kappa shape index (κ3) is 7.21. The first kappa shape index (κ1) is 22.3. The predicted molar refractivity (Wildman–Crippen MR) is 103 cm³/mol. The van der Waals surface area contributed by atoms with Gasteiger partial charge in [0.2, 0.25) is 15.9 Å². The minimum Gasteiger partial charge on any atom is -0.371 e. The first-order valence-corrected chi connectivity index (χ1v) is 11.1. The van der Waals surface area contributed by atoms with Gasteiger partial charge in [-0.05, 0) is 33.6 Å². The Labute approximate surface area is 165 Å². The fraction of sp³-hybridized carbons (Fsp3) is 0.706. The lowest BCUT2D eigenvalue weighted by molar-refractivity contribution is -0.118. The number of hydrogen-bond acceptors (Lipinski definition) is 6. The smallest absolute Gasteiger partial charge is 0.324 e. The number of H-pyrrole nitrogens is 1. The highest BCUT2D eigenvalue weighted by molar-refractivity contribution is 7.89. The summed E-state index contributed by atoms with van der Waals surface area (Å²) >= 11 is 0. The summed E-state index contributed by atoms with van der Waals surface area (Å²) in [4.78, 5) is 31.2. The minimum atomic E-state index is -3.44. The molecule has 11 heteroatoms. The monoisotopic (exact) mass is 415 g/mol. The Bertz CT molecular complexity index is 777. The van der Waals surface area contributed by atoms with Gasteiger partial charge in [0.15, 0.2) is 0 Å². The molecule has 2 heterocycles. The molecule has 1 fully saturated rings. The van der Waals surface area contributed by atoms with E-state index in [2.05, 4.69) is 20.0 Å². The Morgan fingerprint density at radius 3 is 2.64 bits per heavy atom. The van der Waals surface area contributed by atoms with Gasteiger partial charge in [-0.25, -0.2) is 22.9 Å². The van der Waals surface area contributed by atoms with Gasteiger partial charge < -0.3 is 14.6 Å². The lowest BCUT2D eigenvalue weighted by atomic mass is 10.2. The second-order valence-corrected chi connectivity index (χ2v) is 9.01. The zero-order valence-electron chi connectivity index (χ0n) is 16.5. The Hall–Kier alpha value is -1.98. The van der Waals surface area contributed by atoms with Gasteiger partial charge in [0, 0.05) is 12.7 Å². The number of nitrogens with one attached hydrogen (secondary N) is 3. The molecule has 0 aromatic carbocycles. The van der Waals surface area contributed by atoms with E-state index in [0.717, 1.165) is 0 Å². The van der Waals surface area contributed by atoms with Crippen LogP contribution in [0.25, 0.3) is 0 Å². The molecule has 0 radical (unpaired) electrons. The van der Waals surface area contributed by atoms with Gasteiger partial charge in [-0.2, -0.15) is 0 Å². The summed E-state index contributed by atoms with van der Waals surface area (Å²) in [7, 11) is -3.44. The van der Waals surface area contributed by atoms with E-state index >= 15 is 0 Å². The summed E-state index contributed by atoms with van der Waals surface area (Å²) in [6, 6.07) is -0.810. The van der Waals surface area contributed by atoms with Crippen molar-refractivity contribution in [2.45, 2.75) is 58.8 Å². The maximum atomic E-state index is 12.3. The quantitative estimate of drug-likeness (QED) is 0.345. The number of hydrogen-bond donors (Lipinski definition) is 3. The van der Waals surface area contributed by atoms with Crippen molar-refractivity contribution >= 4 is 22.0 Å². The average molecular weight is 416 g/mol. The number of carbonyl (C=O) groups excluding carboxylic acids is 2. The number of aromatic nitrogens is 2. The van der Waals surface area contributed by atoms with Crippen molar-refractivity contribution in [1.29, 1.82) is 0 Å². The molecule has 1 unspecified atom stereocenters. The van der Waals surface area contributed by atoms with Crippen molar-refractivity contribution in [3.8, 4) is 0 Å². The van der Waals surface area contributed by atoms with Crippen LogP contribution < -0.4 is 10.0 Å². The van der Waals surface area contributed by atoms with E-state index in [9.17, 15) is 18.0 Å². The molecular weight excluding hydrogens is 386 g/mol. The lowest BCUT2D eigenvalue weighted by Gasteiger charge is -2.14. The van der Waals surface area contributed by atoms with Crippen LogP contribution >= 0.6 is 0 Å². The zero-order chi connectivity index (χ0) is 20.7. The van der Waals surface area contributed by atoms with Gasteiger partial charge >= 0.3 is 6.03 Å². The number of carbonyl (C=O) groups is 2. The maximum absolute atomic E-state index is 12.3. The van der Waals surface area contributed by atoms with Crippen molar-refractivity contribution in [3.63, 3.8) is 0 Å². The highest BCUT2D eigenvalue weighted by atomic mass is 32.2. The molecule has 1 atom stereocenters. The first-order chi connectivity index (χ1) is 13.2. The molecule has 0 aliphatic carbocycles. The topological polar surface area (TPSA) is 133 Å². The standard InChI is InChI=1S/C17H29N5O5S/c1-12(2)27-11-15-18-9-14(19-15)13(3)21-28(25,26)8-6-4-5-7-22-10-16(23)20-17(22)24/h9,12-13,21H,4-8,10-11H2,1-3H3,(H,18,19)(H,20,23,24). The summed E-state index contributed by atoms with van der Waals surface area (Å²) in [5.41, 5.74) is 0.677. The number of ether oxygens (including phenoxy) is 1. The van der Waals surface area contributed by atoms with Gasteiger partial charge in [0.25, 0.3) is 0 Å². The van der Waals surface area contributed by atoms with Gasteiger partial charge in [0.1, 0.15) is 19.0 Å². The van der Waals surface area contributed by atoms with Gasteiger partial charge in [-0.15, -0.1) is 0 Å². The molecule has 1 aliphatic rings. The number of nitrogens with zero attached hydrogens (tertiary/aromatic N) is 2.